The van der Waals surface area contributed by atoms with Gasteiger partial charge in [0.15, 0.2) is 0 Å². The summed E-state index contributed by atoms with van der Waals surface area (Å²) in [6.07, 6.45) is 1.59. The van der Waals surface area contributed by atoms with Crippen LogP contribution in [-0.4, -0.2) is 34.0 Å². The topological polar surface area (TPSA) is 104 Å². The normalized spacial score (nSPS) is 18.6. The largest absolute Gasteiger partial charge is 0.340 e. The third kappa shape index (κ3) is 2.05. The predicted molar refractivity (Wildman–Crippen MR) is 65.1 cm³/mol. The number of amides is 3. The van der Waals surface area contributed by atoms with Crippen LogP contribution in [0.25, 0.3) is 10.9 Å². The van der Waals surface area contributed by atoms with E-state index in [0.717, 1.165) is 10.9 Å². The van der Waals surface area contributed by atoms with Gasteiger partial charge in [-0.3, -0.25) is 24.8 Å². The van der Waals surface area contributed by atoms with Crippen LogP contribution < -0.4 is 10.6 Å². The second kappa shape index (κ2) is 4.20. The summed E-state index contributed by atoms with van der Waals surface area (Å²) in [4.78, 5) is 34.4. The lowest BCUT2D eigenvalue weighted by Gasteiger charge is -2.09. The molecule has 3 rings (SSSR count). The molecule has 1 aromatic carbocycles. The number of imide groups is 1. The van der Waals surface area contributed by atoms with E-state index in [2.05, 4.69) is 20.8 Å². The van der Waals surface area contributed by atoms with E-state index in [1.807, 2.05) is 0 Å². The molecule has 96 valence electrons. The molecule has 1 unspecified atom stereocenters. The average molecular weight is 258 g/mol. The molecule has 7 heteroatoms. The number of H-pyrrole nitrogens is 1. The maximum Gasteiger partial charge on any atom is 0.251 e. The molecular formula is C12H10N4O3. The van der Waals surface area contributed by atoms with Gasteiger partial charge in [0.2, 0.25) is 11.8 Å². The smallest absolute Gasteiger partial charge is 0.251 e. The van der Waals surface area contributed by atoms with E-state index in [1.54, 1.807) is 24.4 Å². The van der Waals surface area contributed by atoms with E-state index < -0.39 is 17.9 Å². The van der Waals surface area contributed by atoms with Gasteiger partial charge in [0.1, 0.15) is 6.04 Å². The first-order valence-corrected chi connectivity index (χ1v) is 5.71. The van der Waals surface area contributed by atoms with Crippen LogP contribution in [0.2, 0.25) is 0 Å². The predicted octanol–water partition coefficient (Wildman–Crippen LogP) is -0.292. The minimum atomic E-state index is -0.792. The maximum atomic E-state index is 12.0. The van der Waals surface area contributed by atoms with Crippen molar-refractivity contribution in [1.29, 1.82) is 0 Å². The summed E-state index contributed by atoms with van der Waals surface area (Å²) >= 11 is 0. The van der Waals surface area contributed by atoms with Gasteiger partial charge < -0.3 is 5.32 Å². The molecule has 2 heterocycles. The summed E-state index contributed by atoms with van der Waals surface area (Å²) in [6.45, 7) is 0. The van der Waals surface area contributed by atoms with Crippen molar-refractivity contribution in [3.8, 4) is 0 Å². The van der Waals surface area contributed by atoms with Crippen molar-refractivity contribution in [1.82, 2.24) is 20.8 Å². The Morgan fingerprint density at radius 3 is 2.95 bits per heavy atom. The van der Waals surface area contributed by atoms with Gasteiger partial charge in [-0.05, 0) is 18.2 Å². The molecule has 1 aliphatic heterocycles. The Hall–Kier alpha value is -2.70. The van der Waals surface area contributed by atoms with E-state index in [1.165, 1.54) is 0 Å². The van der Waals surface area contributed by atoms with Crippen molar-refractivity contribution >= 4 is 28.6 Å². The number of rotatable bonds is 2. The van der Waals surface area contributed by atoms with Crippen LogP contribution >= 0.6 is 0 Å². The highest BCUT2D eigenvalue weighted by Gasteiger charge is 2.31. The first-order valence-electron chi connectivity index (χ1n) is 5.71. The number of aromatic amines is 1. The summed E-state index contributed by atoms with van der Waals surface area (Å²) in [5, 5.41) is 12.1. The highest BCUT2D eigenvalue weighted by molar-refractivity contribution is 6.08. The molecule has 1 aromatic heterocycles. The number of carbonyl (C=O) groups is 3. The van der Waals surface area contributed by atoms with Crippen LogP contribution in [0.15, 0.2) is 24.4 Å². The molecule has 0 spiro atoms. The molecule has 0 saturated carbocycles. The van der Waals surface area contributed by atoms with E-state index in [4.69, 9.17) is 0 Å². The second-order valence-corrected chi connectivity index (χ2v) is 4.31. The number of benzene rings is 1. The number of aromatic nitrogens is 2. The minimum Gasteiger partial charge on any atom is -0.340 e. The summed E-state index contributed by atoms with van der Waals surface area (Å²) in [5.74, 6) is -1.23. The lowest BCUT2D eigenvalue weighted by molar-refractivity contribution is -0.125. The fourth-order valence-electron chi connectivity index (χ4n) is 2.00. The molecule has 1 atom stereocenters. The van der Waals surface area contributed by atoms with Crippen LogP contribution in [0.5, 0.6) is 0 Å². The van der Waals surface area contributed by atoms with Crippen molar-refractivity contribution in [2.45, 2.75) is 12.5 Å². The first-order chi connectivity index (χ1) is 9.13. The molecule has 1 saturated heterocycles. The van der Waals surface area contributed by atoms with E-state index in [9.17, 15) is 14.4 Å². The van der Waals surface area contributed by atoms with Gasteiger partial charge >= 0.3 is 0 Å². The number of hydrogen-bond donors (Lipinski definition) is 3. The van der Waals surface area contributed by atoms with E-state index in [0.29, 0.717) is 5.56 Å². The maximum absolute atomic E-state index is 12.0. The Balaban J connectivity index is 1.80. The highest BCUT2D eigenvalue weighted by Crippen LogP contribution is 2.13. The van der Waals surface area contributed by atoms with Crippen LogP contribution in [0.4, 0.5) is 0 Å². The second-order valence-electron chi connectivity index (χ2n) is 4.31. The van der Waals surface area contributed by atoms with Crippen molar-refractivity contribution in [3.63, 3.8) is 0 Å². The molecule has 3 N–H and O–H groups in total. The Bertz CT molecular complexity index is 691. The SMILES string of the molecule is O=C1CC(NC(=O)c2ccc3[nH]ncc3c2)C(=O)N1. The molecule has 1 aliphatic rings. The molecular weight excluding hydrogens is 248 g/mol. The third-order valence-corrected chi connectivity index (χ3v) is 2.98. The monoisotopic (exact) mass is 258 g/mol. The number of nitrogens with zero attached hydrogens (tertiary/aromatic N) is 1. The Morgan fingerprint density at radius 1 is 1.37 bits per heavy atom. The van der Waals surface area contributed by atoms with Gasteiger partial charge in [-0.15, -0.1) is 0 Å². The molecule has 3 amide bonds. The molecule has 0 aliphatic carbocycles. The van der Waals surface area contributed by atoms with Crippen molar-refractivity contribution in [3.05, 3.63) is 30.0 Å². The van der Waals surface area contributed by atoms with Gasteiger partial charge in [-0.25, -0.2) is 0 Å². The lowest BCUT2D eigenvalue weighted by Crippen LogP contribution is -2.40. The van der Waals surface area contributed by atoms with Crippen LogP contribution in [0.1, 0.15) is 16.8 Å². The van der Waals surface area contributed by atoms with Crippen LogP contribution in [0.3, 0.4) is 0 Å². The quantitative estimate of drug-likeness (QED) is 0.644. The van der Waals surface area contributed by atoms with Crippen molar-refractivity contribution in [2.24, 2.45) is 0 Å². The Morgan fingerprint density at radius 2 is 2.21 bits per heavy atom. The van der Waals surface area contributed by atoms with Crippen molar-refractivity contribution < 1.29 is 14.4 Å². The standard InChI is InChI=1S/C12H10N4O3/c17-10-4-9(12(19)15-10)14-11(18)6-1-2-8-7(3-6)5-13-16-8/h1-3,5,9H,4H2,(H,13,16)(H,14,18)(H,15,17,19). The van der Waals surface area contributed by atoms with Crippen molar-refractivity contribution in [2.75, 3.05) is 0 Å². The Labute approximate surface area is 107 Å². The molecule has 1 fully saturated rings. The first kappa shape index (κ1) is 11.4. The zero-order valence-electron chi connectivity index (χ0n) is 9.77. The zero-order chi connectivity index (χ0) is 13.4. The number of hydrogen-bond acceptors (Lipinski definition) is 4. The molecule has 2 aromatic rings. The molecule has 19 heavy (non-hydrogen) atoms. The third-order valence-electron chi connectivity index (χ3n) is 2.98. The van der Waals surface area contributed by atoms with E-state index >= 15 is 0 Å². The van der Waals surface area contributed by atoms with Gasteiger partial charge in [-0.2, -0.15) is 5.10 Å². The molecule has 0 bridgehead atoms. The minimum absolute atomic E-state index is 0.0153. The van der Waals surface area contributed by atoms with Gasteiger partial charge in [0, 0.05) is 10.9 Å². The van der Waals surface area contributed by atoms with Gasteiger partial charge in [0.05, 0.1) is 18.1 Å². The molecule has 0 radical (unpaired) electrons. The summed E-state index contributed by atoms with van der Waals surface area (Å²) < 4.78 is 0. The van der Waals surface area contributed by atoms with Crippen LogP contribution in [0, 0.1) is 0 Å². The van der Waals surface area contributed by atoms with Gasteiger partial charge in [0.25, 0.3) is 5.91 Å². The fraction of sp³-hybridized carbons (Fsp3) is 0.167. The van der Waals surface area contributed by atoms with E-state index in [-0.39, 0.29) is 12.3 Å². The van der Waals surface area contributed by atoms with Gasteiger partial charge in [-0.1, -0.05) is 0 Å². The number of nitrogens with one attached hydrogen (secondary N) is 3. The number of carbonyl (C=O) groups excluding carboxylic acids is 3. The highest BCUT2D eigenvalue weighted by atomic mass is 16.2. The molecule has 7 nitrogen and oxygen atoms in total. The number of fused-ring (bicyclic) bond motifs is 1. The summed E-state index contributed by atoms with van der Waals surface area (Å²) in [7, 11) is 0. The Kier molecular flexibility index (Phi) is 2.52. The summed E-state index contributed by atoms with van der Waals surface area (Å²) in [5.41, 5.74) is 1.24. The fourth-order valence-corrected chi connectivity index (χ4v) is 2.00. The van der Waals surface area contributed by atoms with Crippen LogP contribution in [-0.2, 0) is 9.59 Å². The zero-order valence-corrected chi connectivity index (χ0v) is 9.77. The average Bonchev–Trinajstić information content (AvgIpc) is 2.95. The summed E-state index contributed by atoms with van der Waals surface area (Å²) in [6, 6.07) is 4.24. The lowest BCUT2D eigenvalue weighted by atomic mass is 10.1.